The molecular weight excluding hydrogens is 200 g/mol. The molecule has 0 amide bonds. The Morgan fingerprint density at radius 1 is 0.933 bits per heavy atom. The topological polar surface area (TPSA) is 91.7 Å². The first-order chi connectivity index (χ1) is 6.90. The molecule has 0 aliphatic heterocycles. The summed E-state index contributed by atoms with van der Waals surface area (Å²) in [5.74, 6) is -0.846. The number of ketones is 2. The van der Waals surface area contributed by atoms with Gasteiger partial charge in [0.1, 0.15) is 11.6 Å². The molecule has 0 heterocycles. The first-order valence-corrected chi connectivity index (χ1v) is 4.71. The molecule has 0 saturated heterocycles. The van der Waals surface area contributed by atoms with Crippen LogP contribution in [-0.4, -0.2) is 34.4 Å². The van der Waals surface area contributed by atoms with Gasteiger partial charge in [0.2, 0.25) is 0 Å². The van der Waals surface area contributed by atoms with E-state index >= 15 is 0 Å². The minimum absolute atomic E-state index is 0.0463. The zero-order chi connectivity index (χ0) is 12.3. The Balaban J connectivity index is 0. The van der Waals surface area contributed by atoms with Crippen LogP contribution in [0.5, 0.6) is 0 Å². The quantitative estimate of drug-likeness (QED) is 0.687. The Morgan fingerprint density at radius 3 is 1.53 bits per heavy atom. The Bertz CT molecular complexity index is 196. The van der Waals surface area contributed by atoms with Gasteiger partial charge in [-0.05, 0) is 20.3 Å². The van der Waals surface area contributed by atoms with Crippen LogP contribution in [-0.2, 0) is 14.4 Å². The first kappa shape index (κ1) is 16.2. The fourth-order valence-electron chi connectivity index (χ4n) is 0.611. The van der Waals surface area contributed by atoms with Gasteiger partial charge in [0.25, 0.3) is 0 Å². The van der Waals surface area contributed by atoms with Gasteiger partial charge in [0, 0.05) is 19.4 Å². The molecule has 0 aliphatic rings. The summed E-state index contributed by atoms with van der Waals surface area (Å²) in [6.07, 6.45) is 1.22. The molecule has 0 aliphatic carbocycles. The third kappa shape index (κ3) is 24.5. The number of aliphatic hydroxyl groups excluding tert-OH is 1. The second-order valence-electron chi connectivity index (χ2n) is 3.12. The van der Waals surface area contributed by atoms with Crippen LogP contribution in [0.15, 0.2) is 0 Å². The lowest BCUT2D eigenvalue weighted by Crippen LogP contribution is -1.98. The smallest absolute Gasteiger partial charge is 0.303 e. The number of hydrogen-bond acceptors (Lipinski definition) is 4. The van der Waals surface area contributed by atoms with Crippen LogP contribution >= 0.6 is 0 Å². The number of hydrogen-bond donors (Lipinski definition) is 2. The maximum absolute atomic E-state index is 10.1. The Morgan fingerprint density at radius 2 is 1.40 bits per heavy atom. The number of Topliss-reactive ketones (excluding diaryl/α,β-unsaturated/α-hetero) is 2. The van der Waals surface area contributed by atoms with Crippen molar-refractivity contribution in [2.24, 2.45) is 0 Å². The Hall–Kier alpha value is -1.23. The highest BCUT2D eigenvalue weighted by molar-refractivity contribution is 5.80. The van der Waals surface area contributed by atoms with E-state index in [1.807, 2.05) is 0 Å². The van der Waals surface area contributed by atoms with E-state index in [1.165, 1.54) is 13.8 Å². The summed E-state index contributed by atoms with van der Waals surface area (Å²) in [7, 11) is 0. The summed E-state index contributed by atoms with van der Waals surface area (Å²) < 4.78 is 0. The molecule has 0 bridgehead atoms. The average Bonchev–Trinajstić information content (AvgIpc) is 2.12. The summed E-state index contributed by atoms with van der Waals surface area (Å²) in [5.41, 5.74) is 0. The average molecular weight is 218 g/mol. The van der Waals surface area contributed by atoms with Gasteiger partial charge in [0.15, 0.2) is 0 Å². The van der Waals surface area contributed by atoms with Gasteiger partial charge < -0.3 is 19.8 Å². The van der Waals surface area contributed by atoms with Crippen LogP contribution in [0, 0.1) is 0 Å². The Labute approximate surface area is 89.1 Å². The highest BCUT2D eigenvalue weighted by atomic mass is 16.4. The molecule has 0 atom stereocenters. The standard InChI is InChI=1S/C5H8O3.C5H10O2/c1-4(6)2-3-5(7)8;1-5(7)3-2-4-6/h2-3H2,1H3,(H,7,8);6H,2-4H2,1H3. The van der Waals surface area contributed by atoms with E-state index in [0.29, 0.717) is 12.8 Å². The van der Waals surface area contributed by atoms with Crippen LogP contribution in [0.25, 0.3) is 0 Å². The van der Waals surface area contributed by atoms with Crippen LogP contribution in [0.3, 0.4) is 0 Å². The number of carboxylic acids is 1. The third-order valence-electron chi connectivity index (χ3n) is 1.38. The van der Waals surface area contributed by atoms with Crippen molar-refractivity contribution in [1.82, 2.24) is 0 Å². The predicted octanol–water partition coefficient (Wildman–Crippen LogP) is 0.788. The van der Waals surface area contributed by atoms with Gasteiger partial charge in [-0.2, -0.15) is 0 Å². The molecule has 5 nitrogen and oxygen atoms in total. The molecule has 2 N–H and O–H groups in total. The van der Waals surface area contributed by atoms with Gasteiger partial charge in [-0.15, -0.1) is 0 Å². The molecule has 0 saturated carbocycles. The summed E-state index contributed by atoms with van der Waals surface area (Å²) in [4.78, 5) is 29.9. The van der Waals surface area contributed by atoms with E-state index in [2.05, 4.69) is 0 Å². The fourth-order valence-corrected chi connectivity index (χ4v) is 0.611. The molecule has 0 aromatic rings. The maximum atomic E-state index is 10.1. The van der Waals surface area contributed by atoms with Crippen molar-refractivity contribution in [3.05, 3.63) is 0 Å². The lowest BCUT2D eigenvalue weighted by atomic mass is 10.2. The molecule has 0 fully saturated rings. The fraction of sp³-hybridized carbons (Fsp3) is 0.700. The number of aliphatic hydroxyl groups is 1. The number of carboxylic acid groups (broad SMARTS) is 1. The summed E-state index contributed by atoms with van der Waals surface area (Å²) >= 11 is 0. The highest BCUT2D eigenvalue weighted by Crippen LogP contribution is 1.88. The van der Waals surface area contributed by atoms with Crippen molar-refractivity contribution in [3.8, 4) is 0 Å². The van der Waals surface area contributed by atoms with Gasteiger partial charge >= 0.3 is 5.97 Å². The molecule has 0 aromatic carbocycles. The van der Waals surface area contributed by atoms with Crippen molar-refractivity contribution in [3.63, 3.8) is 0 Å². The van der Waals surface area contributed by atoms with E-state index in [9.17, 15) is 14.4 Å². The lowest BCUT2D eigenvalue weighted by Gasteiger charge is -1.86. The van der Waals surface area contributed by atoms with Crippen molar-refractivity contribution >= 4 is 17.5 Å². The summed E-state index contributed by atoms with van der Waals surface area (Å²) in [5, 5.41) is 16.2. The van der Waals surface area contributed by atoms with E-state index in [0.717, 1.165) is 0 Å². The minimum Gasteiger partial charge on any atom is -0.481 e. The predicted molar refractivity (Wildman–Crippen MR) is 54.6 cm³/mol. The molecular formula is C10H18O5. The van der Waals surface area contributed by atoms with Gasteiger partial charge in [0.05, 0.1) is 6.42 Å². The highest BCUT2D eigenvalue weighted by Gasteiger charge is 1.97. The molecule has 0 rings (SSSR count). The number of carbonyl (C=O) groups is 3. The first-order valence-electron chi connectivity index (χ1n) is 4.71. The van der Waals surface area contributed by atoms with Gasteiger partial charge in [-0.3, -0.25) is 4.79 Å². The maximum Gasteiger partial charge on any atom is 0.303 e. The molecule has 5 heteroatoms. The number of carbonyl (C=O) groups excluding carboxylic acids is 2. The van der Waals surface area contributed by atoms with Crippen LogP contribution in [0.4, 0.5) is 0 Å². The monoisotopic (exact) mass is 218 g/mol. The lowest BCUT2D eigenvalue weighted by molar-refractivity contribution is -0.138. The van der Waals surface area contributed by atoms with Crippen LogP contribution in [0.1, 0.15) is 39.5 Å². The second-order valence-corrected chi connectivity index (χ2v) is 3.12. The normalized spacial score (nSPS) is 8.73. The van der Waals surface area contributed by atoms with Crippen molar-refractivity contribution in [2.75, 3.05) is 6.61 Å². The zero-order valence-corrected chi connectivity index (χ0v) is 9.15. The van der Waals surface area contributed by atoms with Crippen LogP contribution < -0.4 is 0 Å². The van der Waals surface area contributed by atoms with Gasteiger partial charge in [-0.25, -0.2) is 0 Å². The number of rotatable bonds is 6. The molecule has 88 valence electrons. The largest absolute Gasteiger partial charge is 0.481 e. The Kier molecular flexibility index (Phi) is 11.7. The molecule has 0 aromatic heterocycles. The second kappa shape index (κ2) is 10.8. The van der Waals surface area contributed by atoms with Crippen molar-refractivity contribution in [1.29, 1.82) is 0 Å². The summed E-state index contributed by atoms with van der Waals surface area (Å²) in [6.45, 7) is 3.03. The van der Waals surface area contributed by atoms with Crippen LogP contribution in [0.2, 0.25) is 0 Å². The van der Waals surface area contributed by atoms with Crippen molar-refractivity contribution in [2.45, 2.75) is 39.5 Å². The van der Waals surface area contributed by atoms with E-state index in [-0.39, 0.29) is 31.0 Å². The number of aliphatic carboxylic acids is 1. The zero-order valence-electron chi connectivity index (χ0n) is 9.15. The molecule has 0 spiro atoms. The molecule has 0 unspecified atom stereocenters. The van der Waals surface area contributed by atoms with E-state index in [1.54, 1.807) is 0 Å². The SMILES string of the molecule is CC(=O)CCC(=O)O.CC(=O)CCCO. The molecule has 0 radical (unpaired) electrons. The van der Waals surface area contributed by atoms with E-state index < -0.39 is 5.97 Å². The van der Waals surface area contributed by atoms with E-state index in [4.69, 9.17) is 10.2 Å². The van der Waals surface area contributed by atoms with Crippen molar-refractivity contribution < 1.29 is 24.6 Å². The molecule has 15 heavy (non-hydrogen) atoms. The minimum atomic E-state index is -0.916. The summed E-state index contributed by atoms with van der Waals surface area (Å²) in [6, 6.07) is 0. The van der Waals surface area contributed by atoms with Gasteiger partial charge in [-0.1, -0.05) is 0 Å². The third-order valence-corrected chi connectivity index (χ3v) is 1.38.